The number of carbonyl (C=O) groups is 1. The normalized spacial score (nSPS) is 14.4. The van der Waals surface area contributed by atoms with Gasteiger partial charge in [-0.05, 0) is 20.8 Å². The van der Waals surface area contributed by atoms with Gasteiger partial charge in [-0.15, -0.1) is 0 Å². The molecular formula is C9H16F3NO3. The van der Waals surface area contributed by atoms with Gasteiger partial charge in [-0.1, -0.05) is 0 Å². The fraction of sp³-hybridized carbons (Fsp3) is 0.889. The number of amides is 1. The number of carbonyl (C=O) groups excluding carboxylic acids is 1. The highest BCUT2D eigenvalue weighted by Gasteiger charge is 2.31. The van der Waals surface area contributed by atoms with Crippen molar-refractivity contribution in [2.24, 2.45) is 0 Å². The van der Waals surface area contributed by atoms with Gasteiger partial charge in [0.25, 0.3) is 0 Å². The Kier molecular flexibility index (Phi) is 5.05. The van der Waals surface area contributed by atoms with Crippen LogP contribution in [0.15, 0.2) is 0 Å². The molecule has 0 fully saturated rings. The van der Waals surface area contributed by atoms with E-state index < -0.39 is 36.9 Å². The second kappa shape index (κ2) is 5.38. The Morgan fingerprint density at radius 3 is 2.25 bits per heavy atom. The molecule has 16 heavy (non-hydrogen) atoms. The Labute approximate surface area is 91.8 Å². The average molecular weight is 243 g/mol. The Bertz CT molecular complexity index is 235. The molecule has 7 heteroatoms. The molecule has 0 saturated carbocycles. The van der Waals surface area contributed by atoms with Crippen molar-refractivity contribution in [1.29, 1.82) is 0 Å². The summed E-state index contributed by atoms with van der Waals surface area (Å²) in [4.78, 5) is 11.0. The fourth-order valence-corrected chi connectivity index (χ4v) is 0.855. The molecule has 0 spiro atoms. The molecular weight excluding hydrogens is 227 g/mol. The van der Waals surface area contributed by atoms with E-state index >= 15 is 0 Å². The molecule has 0 aliphatic carbocycles. The molecule has 1 amide bonds. The van der Waals surface area contributed by atoms with Crippen LogP contribution in [-0.2, 0) is 4.74 Å². The minimum Gasteiger partial charge on any atom is -0.444 e. The maximum atomic E-state index is 11.8. The van der Waals surface area contributed by atoms with Crippen LogP contribution in [0.4, 0.5) is 18.0 Å². The molecule has 96 valence electrons. The first-order valence-corrected chi connectivity index (χ1v) is 4.71. The van der Waals surface area contributed by atoms with Crippen LogP contribution in [0.2, 0.25) is 0 Å². The van der Waals surface area contributed by atoms with Crippen molar-refractivity contribution in [1.82, 2.24) is 5.32 Å². The number of hydrogen-bond acceptors (Lipinski definition) is 3. The number of alkyl halides is 3. The largest absolute Gasteiger partial charge is 0.444 e. The summed E-state index contributed by atoms with van der Waals surface area (Å²) in [6.45, 7) is 4.38. The van der Waals surface area contributed by atoms with E-state index in [0.29, 0.717) is 0 Å². The van der Waals surface area contributed by atoms with E-state index in [2.05, 4.69) is 5.32 Å². The first kappa shape index (κ1) is 15.0. The van der Waals surface area contributed by atoms with Gasteiger partial charge >= 0.3 is 12.3 Å². The minimum absolute atomic E-state index is 0.492. The van der Waals surface area contributed by atoms with Crippen LogP contribution < -0.4 is 5.32 Å². The number of hydrogen-bond donors (Lipinski definition) is 2. The van der Waals surface area contributed by atoms with Crippen LogP contribution in [0.5, 0.6) is 0 Å². The van der Waals surface area contributed by atoms with Crippen LogP contribution in [0.25, 0.3) is 0 Å². The van der Waals surface area contributed by atoms with Crippen LogP contribution in [0, 0.1) is 0 Å². The van der Waals surface area contributed by atoms with Gasteiger partial charge in [0, 0.05) is 6.54 Å². The second-order valence-corrected chi connectivity index (χ2v) is 4.36. The summed E-state index contributed by atoms with van der Waals surface area (Å²) in [5.41, 5.74) is -0.723. The van der Waals surface area contributed by atoms with Crippen molar-refractivity contribution in [2.75, 3.05) is 6.54 Å². The maximum absolute atomic E-state index is 11.8. The van der Waals surface area contributed by atoms with E-state index in [1.165, 1.54) is 0 Å². The molecule has 0 aromatic heterocycles. The molecule has 0 unspecified atom stereocenters. The summed E-state index contributed by atoms with van der Waals surface area (Å²) in [5, 5.41) is 11.0. The van der Waals surface area contributed by atoms with Gasteiger partial charge in [0.1, 0.15) is 5.60 Å². The highest BCUT2D eigenvalue weighted by molar-refractivity contribution is 5.67. The van der Waals surface area contributed by atoms with Crippen LogP contribution in [0.1, 0.15) is 27.2 Å². The average Bonchev–Trinajstić information content (AvgIpc) is 1.94. The minimum atomic E-state index is -4.45. The summed E-state index contributed by atoms with van der Waals surface area (Å²) in [7, 11) is 0. The number of halogens is 3. The quantitative estimate of drug-likeness (QED) is 0.795. The zero-order chi connectivity index (χ0) is 13.0. The maximum Gasteiger partial charge on any atom is 0.407 e. The Balaban J connectivity index is 3.85. The third kappa shape index (κ3) is 9.57. The number of aliphatic hydroxyl groups is 1. The Morgan fingerprint density at radius 2 is 1.88 bits per heavy atom. The number of ether oxygens (including phenoxy) is 1. The van der Waals surface area contributed by atoms with E-state index in [0.717, 1.165) is 0 Å². The standard InChI is InChI=1S/C9H16F3NO3/c1-8(2,3)16-7(15)13-5-6(14)4-9(10,11)12/h6,14H,4-5H2,1-3H3,(H,13,15)/t6-/m1/s1. The monoisotopic (exact) mass is 243 g/mol. The van der Waals surface area contributed by atoms with Crippen molar-refractivity contribution in [3.63, 3.8) is 0 Å². The molecule has 0 aromatic rings. The lowest BCUT2D eigenvalue weighted by atomic mass is 10.2. The van der Waals surface area contributed by atoms with Gasteiger partial charge in [0.05, 0.1) is 12.5 Å². The number of rotatable bonds is 3. The summed E-state index contributed by atoms with van der Waals surface area (Å²) < 4.78 is 40.2. The first-order chi connectivity index (χ1) is 6.99. The highest BCUT2D eigenvalue weighted by atomic mass is 19.4. The Morgan fingerprint density at radius 1 is 1.38 bits per heavy atom. The Hall–Kier alpha value is -0.980. The zero-order valence-corrected chi connectivity index (χ0v) is 9.39. The van der Waals surface area contributed by atoms with Crippen molar-refractivity contribution < 1.29 is 27.8 Å². The van der Waals surface area contributed by atoms with Gasteiger partial charge in [-0.3, -0.25) is 0 Å². The van der Waals surface area contributed by atoms with Crippen LogP contribution in [-0.4, -0.2) is 35.6 Å². The molecule has 0 bridgehead atoms. The molecule has 0 aliphatic heterocycles. The molecule has 2 N–H and O–H groups in total. The zero-order valence-electron chi connectivity index (χ0n) is 9.39. The molecule has 4 nitrogen and oxygen atoms in total. The number of nitrogens with one attached hydrogen (secondary N) is 1. The van der Waals surface area contributed by atoms with Crippen molar-refractivity contribution in [2.45, 2.75) is 45.1 Å². The lowest BCUT2D eigenvalue weighted by Crippen LogP contribution is -2.38. The van der Waals surface area contributed by atoms with Gasteiger partial charge in [0.2, 0.25) is 0 Å². The lowest BCUT2D eigenvalue weighted by molar-refractivity contribution is -0.152. The van der Waals surface area contributed by atoms with E-state index in [1.807, 2.05) is 0 Å². The summed E-state index contributed by atoms with van der Waals surface area (Å²) in [6.07, 6.45) is -8.32. The predicted molar refractivity (Wildman–Crippen MR) is 50.9 cm³/mol. The molecule has 0 rings (SSSR count). The van der Waals surface area contributed by atoms with Crippen molar-refractivity contribution in [3.05, 3.63) is 0 Å². The van der Waals surface area contributed by atoms with Crippen molar-refractivity contribution >= 4 is 6.09 Å². The van der Waals surface area contributed by atoms with E-state index in [-0.39, 0.29) is 0 Å². The molecule has 0 aromatic carbocycles. The number of alkyl carbamates (subject to hydrolysis) is 1. The second-order valence-electron chi connectivity index (χ2n) is 4.36. The molecule has 0 heterocycles. The van der Waals surface area contributed by atoms with E-state index in [9.17, 15) is 18.0 Å². The fourth-order valence-electron chi connectivity index (χ4n) is 0.855. The molecule has 0 saturated heterocycles. The molecule has 0 aliphatic rings. The summed E-state index contributed by atoms with van der Waals surface area (Å²) in [6, 6.07) is 0. The van der Waals surface area contributed by atoms with Crippen LogP contribution >= 0.6 is 0 Å². The summed E-state index contributed by atoms with van der Waals surface area (Å²) in [5.74, 6) is 0. The smallest absolute Gasteiger partial charge is 0.407 e. The lowest BCUT2D eigenvalue weighted by Gasteiger charge is -2.20. The van der Waals surface area contributed by atoms with Crippen LogP contribution in [0.3, 0.4) is 0 Å². The van der Waals surface area contributed by atoms with Crippen molar-refractivity contribution in [3.8, 4) is 0 Å². The van der Waals surface area contributed by atoms with E-state index in [1.54, 1.807) is 20.8 Å². The van der Waals surface area contributed by atoms with Gasteiger partial charge in [0.15, 0.2) is 0 Å². The third-order valence-corrected chi connectivity index (χ3v) is 1.35. The highest BCUT2D eigenvalue weighted by Crippen LogP contribution is 2.21. The first-order valence-electron chi connectivity index (χ1n) is 4.71. The number of aliphatic hydroxyl groups excluding tert-OH is 1. The molecule has 1 atom stereocenters. The van der Waals surface area contributed by atoms with E-state index in [4.69, 9.17) is 9.84 Å². The molecule has 0 radical (unpaired) electrons. The SMILES string of the molecule is CC(C)(C)OC(=O)NC[C@H](O)CC(F)(F)F. The predicted octanol–water partition coefficient (Wildman–Crippen LogP) is 1.82. The van der Waals surface area contributed by atoms with Gasteiger partial charge < -0.3 is 15.2 Å². The summed E-state index contributed by atoms with van der Waals surface area (Å²) >= 11 is 0. The van der Waals surface area contributed by atoms with Gasteiger partial charge in [-0.2, -0.15) is 13.2 Å². The van der Waals surface area contributed by atoms with Gasteiger partial charge in [-0.25, -0.2) is 4.79 Å². The topological polar surface area (TPSA) is 58.6 Å². The third-order valence-electron chi connectivity index (χ3n) is 1.35.